The summed E-state index contributed by atoms with van der Waals surface area (Å²) >= 11 is 0. The Labute approximate surface area is 148 Å². The van der Waals surface area contributed by atoms with Gasteiger partial charge in [0.05, 0.1) is 0 Å². The normalized spacial score (nSPS) is 12.2. The molecule has 1 aliphatic rings. The van der Waals surface area contributed by atoms with Gasteiger partial charge in [-0.25, -0.2) is 0 Å². The van der Waals surface area contributed by atoms with Crippen molar-refractivity contribution in [1.82, 2.24) is 4.98 Å². The minimum absolute atomic E-state index is 0.969. The molecule has 4 aromatic rings. The zero-order valence-corrected chi connectivity index (χ0v) is 14.5. The van der Waals surface area contributed by atoms with E-state index in [1.165, 1.54) is 55.3 Å². The van der Waals surface area contributed by atoms with E-state index in [2.05, 4.69) is 73.4 Å². The molecule has 0 bridgehead atoms. The van der Waals surface area contributed by atoms with Crippen molar-refractivity contribution in [2.75, 3.05) is 0 Å². The SMILES string of the molecule is Cc1ccccc1-c1cc2c3c(cccc3c1C)Cc1cnccc1-2. The van der Waals surface area contributed by atoms with Crippen LogP contribution in [-0.2, 0) is 6.42 Å². The van der Waals surface area contributed by atoms with Crippen molar-refractivity contribution in [2.45, 2.75) is 20.3 Å². The van der Waals surface area contributed by atoms with Gasteiger partial charge in [-0.05, 0) is 81.3 Å². The number of pyridine rings is 1. The van der Waals surface area contributed by atoms with E-state index in [9.17, 15) is 0 Å². The monoisotopic (exact) mass is 321 g/mol. The van der Waals surface area contributed by atoms with Gasteiger partial charge < -0.3 is 0 Å². The Balaban J connectivity index is 1.94. The molecule has 120 valence electrons. The lowest BCUT2D eigenvalue weighted by atomic mass is 9.80. The molecule has 1 heteroatoms. The highest BCUT2D eigenvalue weighted by Gasteiger charge is 2.21. The van der Waals surface area contributed by atoms with Crippen molar-refractivity contribution in [2.24, 2.45) is 0 Å². The van der Waals surface area contributed by atoms with Gasteiger partial charge in [0.1, 0.15) is 0 Å². The summed E-state index contributed by atoms with van der Waals surface area (Å²) in [5.41, 5.74) is 10.7. The van der Waals surface area contributed by atoms with E-state index in [-0.39, 0.29) is 0 Å². The van der Waals surface area contributed by atoms with Crippen molar-refractivity contribution >= 4 is 10.8 Å². The van der Waals surface area contributed by atoms with E-state index >= 15 is 0 Å². The standard InChI is InChI=1S/C24H19N/c1-15-6-3-4-8-19(15)22-13-23-21-10-11-25-14-18(21)12-17-7-5-9-20(16(22)2)24(17)23/h3-11,13-14H,12H2,1-2H3. The van der Waals surface area contributed by atoms with Crippen LogP contribution in [0.25, 0.3) is 33.0 Å². The molecule has 0 unspecified atom stereocenters. The smallest absolute Gasteiger partial charge is 0.0309 e. The van der Waals surface area contributed by atoms with Gasteiger partial charge in [0.2, 0.25) is 0 Å². The van der Waals surface area contributed by atoms with Crippen LogP contribution in [0.15, 0.2) is 67.0 Å². The Bertz CT molecular complexity index is 1140. The molecule has 0 fully saturated rings. The first kappa shape index (κ1) is 14.4. The molecule has 1 heterocycles. The van der Waals surface area contributed by atoms with Crippen LogP contribution in [0.4, 0.5) is 0 Å². The summed E-state index contributed by atoms with van der Waals surface area (Å²) in [6.45, 7) is 4.45. The lowest BCUT2D eigenvalue weighted by Crippen LogP contribution is -2.03. The molecular formula is C24H19N. The van der Waals surface area contributed by atoms with Gasteiger partial charge in [-0.2, -0.15) is 0 Å². The van der Waals surface area contributed by atoms with Gasteiger partial charge in [-0.3, -0.25) is 4.98 Å². The summed E-state index contributed by atoms with van der Waals surface area (Å²) < 4.78 is 0. The average molecular weight is 321 g/mol. The molecule has 0 saturated carbocycles. The number of hydrogen-bond acceptors (Lipinski definition) is 1. The third-order valence-corrected chi connectivity index (χ3v) is 5.53. The van der Waals surface area contributed by atoms with E-state index in [4.69, 9.17) is 0 Å². The molecule has 0 radical (unpaired) electrons. The van der Waals surface area contributed by atoms with Crippen molar-refractivity contribution < 1.29 is 0 Å². The Morgan fingerprint density at radius 3 is 2.52 bits per heavy atom. The van der Waals surface area contributed by atoms with Gasteiger partial charge in [0.25, 0.3) is 0 Å². The molecule has 0 amide bonds. The molecule has 0 spiro atoms. The quantitative estimate of drug-likeness (QED) is 0.364. The fourth-order valence-corrected chi connectivity index (χ4v) is 4.25. The number of nitrogens with zero attached hydrogens (tertiary/aromatic N) is 1. The molecule has 1 aromatic heterocycles. The first-order valence-electron chi connectivity index (χ1n) is 8.78. The topological polar surface area (TPSA) is 12.9 Å². The molecule has 1 aliphatic carbocycles. The van der Waals surface area contributed by atoms with Crippen LogP contribution in [0.2, 0.25) is 0 Å². The summed E-state index contributed by atoms with van der Waals surface area (Å²) in [5, 5.41) is 2.78. The third-order valence-electron chi connectivity index (χ3n) is 5.53. The predicted molar refractivity (Wildman–Crippen MR) is 105 cm³/mol. The number of aromatic nitrogens is 1. The van der Waals surface area contributed by atoms with Crippen molar-refractivity contribution in [3.05, 3.63) is 89.2 Å². The molecular weight excluding hydrogens is 302 g/mol. The predicted octanol–water partition coefficient (Wildman–Crippen LogP) is 6.09. The molecule has 0 atom stereocenters. The number of fused-ring (bicyclic) bond motifs is 2. The Kier molecular flexibility index (Phi) is 3.05. The lowest BCUT2D eigenvalue weighted by molar-refractivity contribution is 1.15. The number of rotatable bonds is 1. The van der Waals surface area contributed by atoms with Gasteiger partial charge in [0, 0.05) is 18.8 Å². The van der Waals surface area contributed by atoms with Gasteiger partial charge in [-0.1, -0.05) is 42.5 Å². The van der Waals surface area contributed by atoms with Gasteiger partial charge >= 0.3 is 0 Å². The van der Waals surface area contributed by atoms with Crippen LogP contribution in [0.3, 0.4) is 0 Å². The second-order valence-electron chi connectivity index (χ2n) is 6.96. The maximum atomic E-state index is 4.35. The average Bonchev–Trinajstić information content (AvgIpc) is 2.64. The summed E-state index contributed by atoms with van der Waals surface area (Å²) in [5.74, 6) is 0. The molecule has 0 saturated heterocycles. The molecule has 0 N–H and O–H groups in total. The lowest BCUT2D eigenvalue weighted by Gasteiger charge is -2.23. The van der Waals surface area contributed by atoms with E-state index < -0.39 is 0 Å². The zero-order valence-electron chi connectivity index (χ0n) is 14.5. The fourth-order valence-electron chi connectivity index (χ4n) is 4.25. The highest BCUT2D eigenvalue weighted by molar-refractivity contribution is 6.06. The zero-order chi connectivity index (χ0) is 17.0. The van der Waals surface area contributed by atoms with Crippen LogP contribution in [0.1, 0.15) is 22.3 Å². The van der Waals surface area contributed by atoms with Crippen molar-refractivity contribution in [3.63, 3.8) is 0 Å². The Morgan fingerprint density at radius 2 is 1.64 bits per heavy atom. The number of hydrogen-bond donors (Lipinski definition) is 0. The number of benzene rings is 3. The number of aryl methyl sites for hydroxylation is 2. The second kappa shape index (κ2) is 5.29. The molecule has 3 aromatic carbocycles. The van der Waals surface area contributed by atoms with E-state index in [1.54, 1.807) is 0 Å². The van der Waals surface area contributed by atoms with Crippen LogP contribution in [-0.4, -0.2) is 4.98 Å². The van der Waals surface area contributed by atoms with E-state index in [1.807, 2.05) is 12.4 Å². The van der Waals surface area contributed by atoms with Gasteiger partial charge in [0.15, 0.2) is 0 Å². The third kappa shape index (κ3) is 2.05. The van der Waals surface area contributed by atoms with Gasteiger partial charge in [-0.15, -0.1) is 0 Å². The molecule has 5 rings (SSSR count). The first-order valence-corrected chi connectivity index (χ1v) is 8.78. The van der Waals surface area contributed by atoms with Crippen LogP contribution >= 0.6 is 0 Å². The summed E-state index contributed by atoms with van der Waals surface area (Å²) in [7, 11) is 0. The van der Waals surface area contributed by atoms with E-state index in [0.29, 0.717) is 0 Å². The summed E-state index contributed by atoms with van der Waals surface area (Å²) in [6, 6.07) is 19.9. The molecule has 25 heavy (non-hydrogen) atoms. The highest BCUT2D eigenvalue weighted by atomic mass is 14.6. The van der Waals surface area contributed by atoms with E-state index in [0.717, 1.165) is 6.42 Å². The first-order chi connectivity index (χ1) is 12.2. The van der Waals surface area contributed by atoms with Crippen molar-refractivity contribution in [3.8, 4) is 22.3 Å². The van der Waals surface area contributed by atoms with Crippen molar-refractivity contribution in [1.29, 1.82) is 0 Å². The maximum Gasteiger partial charge on any atom is 0.0309 e. The minimum atomic E-state index is 0.969. The molecule has 1 nitrogen and oxygen atoms in total. The largest absolute Gasteiger partial charge is 0.264 e. The van der Waals surface area contributed by atoms with Crippen LogP contribution in [0, 0.1) is 13.8 Å². The summed E-state index contributed by atoms with van der Waals surface area (Å²) in [4.78, 5) is 4.35. The minimum Gasteiger partial charge on any atom is -0.264 e. The Hall–Kier alpha value is -2.93. The fraction of sp³-hybridized carbons (Fsp3) is 0.125. The van der Waals surface area contributed by atoms with Crippen LogP contribution < -0.4 is 0 Å². The summed E-state index contributed by atoms with van der Waals surface area (Å²) in [6.07, 6.45) is 4.90. The highest BCUT2D eigenvalue weighted by Crippen LogP contribution is 2.43. The van der Waals surface area contributed by atoms with Crippen LogP contribution in [0.5, 0.6) is 0 Å². The Morgan fingerprint density at radius 1 is 0.760 bits per heavy atom. The molecule has 0 aliphatic heterocycles. The second-order valence-corrected chi connectivity index (χ2v) is 6.96. The maximum absolute atomic E-state index is 4.35.